The number of aliphatic hydroxyl groups is 4. The standard InChI is InChI=1S/2C7H16O2.2ClH.Ru/c2*1-3-6(8)5-7(9)4-2;;;/h2*6-9H,3-5H2,1-2H3;2*1H;/q;;;;+2/p-2. The Bertz CT molecular complexity index is 156. The Labute approximate surface area is 145 Å². The molecule has 0 radical (unpaired) electrons. The third-order valence-corrected chi connectivity index (χ3v) is 2.97. The van der Waals surface area contributed by atoms with Crippen LogP contribution in [0, 0.1) is 0 Å². The Kier molecular flexibility index (Phi) is 27.0. The van der Waals surface area contributed by atoms with Gasteiger partial charge in [-0.15, -0.1) is 0 Å². The molecule has 4 nitrogen and oxygen atoms in total. The number of halogens is 2. The summed E-state index contributed by atoms with van der Waals surface area (Å²) in [5.41, 5.74) is 0. The number of rotatable bonds is 8. The molecule has 0 spiro atoms. The molecule has 0 aromatic heterocycles. The van der Waals surface area contributed by atoms with Gasteiger partial charge in [0.1, 0.15) is 0 Å². The van der Waals surface area contributed by atoms with E-state index in [2.05, 4.69) is 0 Å². The first kappa shape index (κ1) is 26.9. The van der Waals surface area contributed by atoms with Gasteiger partial charge in [0.2, 0.25) is 0 Å². The van der Waals surface area contributed by atoms with E-state index in [1.54, 1.807) is 0 Å². The van der Waals surface area contributed by atoms with E-state index in [1.165, 1.54) is 0 Å². The van der Waals surface area contributed by atoms with Crippen LogP contribution >= 0.6 is 19.4 Å². The van der Waals surface area contributed by atoms with Gasteiger partial charge in [0, 0.05) is 0 Å². The van der Waals surface area contributed by atoms with E-state index in [0.717, 1.165) is 25.7 Å². The number of hydrogen-bond acceptors (Lipinski definition) is 4. The fraction of sp³-hybridized carbons (Fsp3) is 1.00. The molecule has 0 saturated heterocycles. The van der Waals surface area contributed by atoms with Gasteiger partial charge in [-0.1, -0.05) is 27.7 Å². The van der Waals surface area contributed by atoms with Gasteiger partial charge < -0.3 is 20.4 Å². The molecule has 21 heavy (non-hydrogen) atoms. The van der Waals surface area contributed by atoms with Crippen LogP contribution in [-0.2, 0) is 15.1 Å². The molecular formula is C14H32Cl2O4Ru. The summed E-state index contributed by atoms with van der Waals surface area (Å²) in [7, 11) is 9.71. The van der Waals surface area contributed by atoms with Crippen molar-refractivity contribution in [2.24, 2.45) is 0 Å². The molecule has 0 aliphatic heterocycles. The van der Waals surface area contributed by atoms with E-state index in [0.29, 0.717) is 12.8 Å². The summed E-state index contributed by atoms with van der Waals surface area (Å²) in [6, 6.07) is 0. The molecule has 4 unspecified atom stereocenters. The molecule has 0 aliphatic rings. The molecule has 0 heterocycles. The van der Waals surface area contributed by atoms with Gasteiger partial charge in [-0.25, -0.2) is 0 Å². The van der Waals surface area contributed by atoms with Crippen molar-refractivity contribution in [1.82, 2.24) is 0 Å². The summed E-state index contributed by atoms with van der Waals surface area (Å²) in [5, 5.41) is 36.0. The van der Waals surface area contributed by atoms with E-state index in [1.807, 2.05) is 27.7 Å². The second-order valence-electron chi connectivity index (χ2n) is 4.77. The predicted molar refractivity (Wildman–Crippen MR) is 86.1 cm³/mol. The zero-order chi connectivity index (χ0) is 17.3. The van der Waals surface area contributed by atoms with Crippen LogP contribution in [0.2, 0.25) is 0 Å². The van der Waals surface area contributed by atoms with Gasteiger partial charge in [0.25, 0.3) is 0 Å². The second-order valence-corrected chi connectivity index (χ2v) is 7.41. The summed E-state index contributed by atoms with van der Waals surface area (Å²) in [5.74, 6) is 0. The third-order valence-electron chi connectivity index (χ3n) is 2.97. The maximum absolute atomic E-state index is 9.00. The predicted octanol–water partition coefficient (Wildman–Crippen LogP) is 3.21. The van der Waals surface area contributed by atoms with Gasteiger partial charge >= 0.3 is 34.5 Å². The Morgan fingerprint density at radius 1 is 0.619 bits per heavy atom. The second kappa shape index (κ2) is 21.0. The molecule has 0 rings (SSSR count). The summed E-state index contributed by atoms with van der Waals surface area (Å²) in [6.07, 6.45) is 2.70. The Morgan fingerprint density at radius 3 is 0.857 bits per heavy atom. The molecule has 0 aromatic rings. The van der Waals surface area contributed by atoms with Crippen LogP contribution in [0.25, 0.3) is 0 Å². The van der Waals surface area contributed by atoms with Gasteiger partial charge in [-0.3, -0.25) is 0 Å². The number of aliphatic hydroxyl groups excluding tert-OH is 4. The van der Waals surface area contributed by atoms with Crippen molar-refractivity contribution in [3.63, 3.8) is 0 Å². The first-order chi connectivity index (χ1) is 9.82. The average Bonchev–Trinajstić information content (AvgIpc) is 2.47. The molecule has 7 heteroatoms. The van der Waals surface area contributed by atoms with Crippen LogP contribution in [0.4, 0.5) is 0 Å². The molecule has 0 fully saturated rings. The van der Waals surface area contributed by atoms with Crippen LogP contribution in [0.15, 0.2) is 0 Å². The van der Waals surface area contributed by atoms with Crippen molar-refractivity contribution in [1.29, 1.82) is 0 Å². The van der Waals surface area contributed by atoms with Crippen molar-refractivity contribution in [2.75, 3.05) is 0 Å². The van der Waals surface area contributed by atoms with Crippen molar-refractivity contribution in [3.05, 3.63) is 0 Å². The van der Waals surface area contributed by atoms with Crippen molar-refractivity contribution in [3.8, 4) is 0 Å². The van der Waals surface area contributed by atoms with Gasteiger partial charge in [-0.05, 0) is 38.5 Å². The third kappa shape index (κ3) is 26.3. The first-order valence-corrected chi connectivity index (χ1v) is 11.9. The topological polar surface area (TPSA) is 80.9 Å². The first-order valence-electron chi connectivity index (χ1n) is 7.39. The van der Waals surface area contributed by atoms with E-state index < -0.39 is 0 Å². The van der Waals surface area contributed by atoms with Gasteiger partial charge in [-0.2, -0.15) is 0 Å². The molecular weight excluding hydrogens is 404 g/mol. The van der Waals surface area contributed by atoms with Gasteiger partial charge in [0.05, 0.1) is 24.4 Å². The van der Waals surface area contributed by atoms with Crippen LogP contribution in [0.3, 0.4) is 0 Å². The zero-order valence-corrected chi connectivity index (χ0v) is 16.7. The van der Waals surface area contributed by atoms with E-state index in [9.17, 15) is 0 Å². The van der Waals surface area contributed by atoms with Crippen molar-refractivity contribution < 1.29 is 35.6 Å². The van der Waals surface area contributed by atoms with Crippen LogP contribution in [-0.4, -0.2) is 44.8 Å². The minimum atomic E-state index is -0.346. The Morgan fingerprint density at radius 2 is 0.762 bits per heavy atom. The van der Waals surface area contributed by atoms with Gasteiger partial charge in [0.15, 0.2) is 0 Å². The molecule has 134 valence electrons. The monoisotopic (exact) mass is 436 g/mol. The van der Waals surface area contributed by atoms with Crippen LogP contribution in [0.5, 0.6) is 0 Å². The molecule has 0 bridgehead atoms. The van der Waals surface area contributed by atoms with E-state index in [-0.39, 0.29) is 39.6 Å². The van der Waals surface area contributed by atoms with Crippen LogP contribution < -0.4 is 0 Å². The molecule has 0 amide bonds. The maximum atomic E-state index is 9.00. The fourth-order valence-corrected chi connectivity index (χ4v) is 1.29. The number of hydrogen-bond donors (Lipinski definition) is 4. The molecule has 0 aromatic carbocycles. The average molecular weight is 436 g/mol. The molecule has 4 N–H and O–H groups in total. The fourth-order valence-electron chi connectivity index (χ4n) is 1.29. The molecule has 0 aliphatic carbocycles. The van der Waals surface area contributed by atoms with Crippen molar-refractivity contribution in [2.45, 2.75) is 90.6 Å². The normalized spacial score (nSPS) is 15.9. The summed E-state index contributed by atoms with van der Waals surface area (Å²) in [6.45, 7) is 7.64. The van der Waals surface area contributed by atoms with Crippen molar-refractivity contribution >= 4 is 19.4 Å². The molecule has 4 atom stereocenters. The summed E-state index contributed by atoms with van der Waals surface area (Å²) in [4.78, 5) is 0. The summed E-state index contributed by atoms with van der Waals surface area (Å²) < 4.78 is 0. The minimum absolute atomic E-state index is 0.319. The Hall–Kier alpha value is 1.04. The quantitative estimate of drug-likeness (QED) is 0.441. The SMILES string of the molecule is CCC(O)CC(O)CC.CCC(O)CC(O)CC.[Cl][Ru][Cl]. The van der Waals surface area contributed by atoms with E-state index >= 15 is 0 Å². The Balaban J connectivity index is -0.000000260. The molecule has 0 saturated carbocycles. The van der Waals surface area contributed by atoms with E-state index in [4.69, 9.17) is 39.8 Å². The zero-order valence-electron chi connectivity index (χ0n) is 13.5. The van der Waals surface area contributed by atoms with Crippen LogP contribution in [0.1, 0.15) is 66.2 Å². The summed E-state index contributed by atoms with van der Waals surface area (Å²) >= 11 is -0.346.